The Morgan fingerprint density at radius 2 is 2.04 bits per heavy atom. The van der Waals surface area contributed by atoms with Gasteiger partial charge in [-0.25, -0.2) is 0 Å². The summed E-state index contributed by atoms with van der Waals surface area (Å²) in [6.07, 6.45) is 4.55. The van der Waals surface area contributed by atoms with E-state index in [4.69, 9.17) is 0 Å². The lowest BCUT2D eigenvalue weighted by Crippen LogP contribution is -2.36. The van der Waals surface area contributed by atoms with Crippen LogP contribution >= 0.6 is 0 Å². The molecule has 0 aliphatic carbocycles. The van der Waals surface area contributed by atoms with Crippen molar-refractivity contribution >= 4 is 16.8 Å². The fraction of sp³-hybridized carbons (Fsp3) is 0.526. The third kappa shape index (κ3) is 4.35. The number of aryl methyl sites for hydroxylation is 2. The van der Waals surface area contributed by atoms with E-state index in [9.17, 15) is 9.90 Å². The number of aliphatic hydroxyl groups excluding tert-OH is 1. The molecule has 2 rings (SSSR count). The highest BCUT2D eigenvalue weighted by molar-refractivity contribution is 5.86. The predicted octanol–water partition coefficient (Wildman–Crippen LogP) is 3.32. The summed E-state index contributed by atoms with van der Waals surface area (Å²) in [7, 11) is 0. The first-order valence-corrected chi connectivity index (χ1v) is 8.57. The number of nitrogens with one attached hydrogen (secondary N) is 2. The van der Waals surface area contributed by atoms with Gasteiger partial charge in [-0.3, -0.25) is 4.79 Å². The van der Waals surface area contributed by atoms with Crippen LogP contribution in [0.4, 0.5) is 0 Å². The van der Waals surface area contributed by atoms with Gasteiger partial charge in [-0.15, -0.1) is 0 Å². The summed E-state index contributed by atoms with van der Waals surface area (Å²) in [5, 5.41) is 14.1. The summed E-state index contributed by atoms with van der Waals surface area (Å²) in [4.78, 5) is 15.3. The second-order valence-corrected chi connectivity index (χ2v) is 6.26. The highest BCUT2D eigenvalue weighted by Gasteiger charge is 2.16. The summed E-state index contributed by atoms with van der Waals surface area (Å²) in [5.41, 5.74) is 3.53. The summed E-state index contributed by atoms with van der Waals surface area (Å²) in [5.74, 6) is 0.254. The standard InChI is InChI=1S/C19H28N2O2/c1-4-14(5-2)17(22)12-20-18(23)10-9-15-11-21-19-13(3)7-6-8-16(15)19/h6-8,11,14,17,21-22H,4-5,9-10,12H2,1-3H3,(H,20,23). The monoisotopic (exact) mass is 316 g/mol. The van der Waals surface area contributed by atoms with Crippen LogP contribution in [-0.4, -0.2) is 28.6 Å². The Hall–Kier alpha value is -1.81. The van der Waals surface area contributed by atoms with E-state index >= 15 is 0 Å². The van der Waals surface area contributed by atoms with Crippen LogP contribution in [0.1, 0.15) is 44.2 Å². The smallest absolute Gasteiger partial charge is 0.220 e. The zero-order valence-electron chi connectivity index (χ0n) is 14.4. The van der Waals surface area contributed by atoms with Crippen LogP contribution in [0.5, 0.6) is 0 Å². The number of amides is 1. The largest absolute Gasteiger partial charge is 0.391 e. The molecule has 0 aliphatic rings. The average molecular weight is 316 g/mol. The lowest BCUT2D eigenvalue weighted by molar-refractivity contribution is -0.121. The second-order valence-electron chi connectivity index (χ2n) is 6.26. The Morgan fingerprint density at radius 1 is 1.30 bits per heavy atom. The molecule has 23 heavy (non-hydrogen) atoms. The quantitative estimate of drug-likeness (QED) is 0.699. The number of carbonyl (C=O) groups excluding carboxylic acids is 1. The van der Waals surface area contributed by atoms with Gasteiger partial charge in [-0.05, 0) is 30.4 Å². The van der Waals surface area contributed by atoms with Crippen molar-refractivity contribution in [3.63, 3.8) is 0 Å². The Balaban J connectivity index is 1.85. The van der Waals surface area contributed by atoms with Crippen molar-refractivity contribution in [3.05, 3.63) is 35.5 Å². The number of H-pyrrole nitrogens is 1. The van der Waals surface area contributed by atoms with E-state index in [0.29, 0.717) is 19.4 Å². The van der Waals surface area contributed by atoms with Crippen molar-refractivity contribution < 1.29 is 9.90 Å². The van der Waals surface area contributed by atoms with Crippen LogP contribution in [-0.2, 0) is 11.2 Å². The Morgan fingerprint density at radius 3 is 2.74 bits per heavy atom. The van der Waals surface area contributed by atoms with Crippen molar-refractivity contribution in [2.24, 2.45) is 5.92 Å². The van der Waals surface area contributed by atoms with Gasteiger partial charge in [-0.1, -0.05) is 44.9 Å². The molecule has 4 heteroatoms. The number of benzene rings is 1. The first-order valence-electron chi connectivity index (χ1n) is 8.57. The van der Waals surface area contributed by atoms with Crippen molar-refractivity contribution in [2.75, 3.05) is 6.54 Å². The number of hydrogen-bond acceptors (Lipinski definition) is 2. The number of aromatic amines is 1. The maximum absolute atomic E-state index is 12.0. The van der Waals surface area contributed by atoms with Crippen molar-refractivity contribution in [3.8, 4) is 0 Å². The van der Waals surface area contributed by atoms with Gasteiger partial charge in [0, 0.05) is 30.1 Å². The first kappa shape index (κ1) is 17.5. The van der Waals surface area contributed by atoms with E-state index in [1.54, 1.807) is 0 Å². The second kappa shape index (κ2) is 8.16. The minimum atomic E-state index is -0.454. The van der Waals surface area contributed by atoms with Crippen LogP contribution in [0.15, 0.2) is 24.4 Å². The molecule has 1 heterocycles. The Bertz CT molecular complexity index is 644. The van der Waals surface area contributed by atoms with Gasteiger partial charge in [0.2, 0.25) is 5.91 Å². The maximum atomic E-state index is 12.0. The fourth-order valence-electron chi connectivity index (χ4n) is 3.13. The molecule has 1 amide bonds. The highest BCUT2D eigenvalue weighted by Crippen LogP contribution is 2.22. The van der Waals surface area contributed by atoms with Crippen LogP contribution in [0.3, 0.4) is 0 Å². The molecule has 0 saturated heterocycles. The molecule has 1 aromatic heterocycles. The molecule has 0 spiro atoms. The van der Waals surface area contributed by atoms with Gasteiger partial charge in [0.15, 0.2) is 0 Å². The number of rotatable bonds is 8. The molecular formula is C19H28N2O2. The minimum Gasteiger partial charge on any atom is -0.391 e. The molecule has 1 unspecified atom stereocenters. The zero-order chi connectivity index (χ0) is 16.8. The number of carbonyl (C=O) groups is 1. The topological polar surface area (TPSA) is 65.1 Å². The van der Waals surface area contributed by atoms with Gasteiger partial charge < -0.3 is 15.4 Å². The Kier molecular flexibility index (Phi) is 6.22. The summed E-state index contributed by atoms with van der Waals surface area (Å²) >= 11 is 0. The molecule has 1 aromatic carbocycles. The molecule has 0 saturated carbocycles. The first-order chi connectivity index (χ1) is 11.1. The van der Waals surface area contributed by atoms with Gasteiger partial charge in [0.1, 0.15) is 0 Å². The normalized spacial score (nSPS) is 12.7. The molecule has 0 fully saturated rings. The molecular weight excluding hydrogens is 288 g/mol. The number of fused-ring (bicyclic) bond motifs is 1. The SMILES string of the molecule is CCC(CC)C(O)CNC(=O)CCc1c[nH]c2c(C)cccc12. The van der Waals surface area contributed by atoms with E-state index in [-0.39, 0.29) is 11.8 Å². The molecule has 126 valence electrons. The molecule has 0 radical (unpaired) electrons. The van der Waals surface area contributed by atoms with E-state index in [1.807, 2.05) is 12.3 Å². The number of aromatic nitrogens is 1. The minimum absolute atomic E-state index is 0.00277. The average Bonchev–Trinajstić information content (AvgIpc) is 2.96. The van der Waals surface area contributed by atoms with Crippen LogP contribution in [0, 0.1) is 12.8 Å². The van der Waals surface area contributed by atoms with Crippen molar-refractivity contribution in [1.29, 1.82) is 0 Å². The van der Waals surface area contributed by atoms with Crippen molar-refractivity contribution in [1.82, 2.24) is 10.3 Å². The third-order valence-corrected chi connectivity index (χ3v) is 4.73. The third-order valence-electron chi connectivity index (χ3n) is 4.73. The lowest BCUT2D eigenvalue weighted by atomic mass is 9.96. The molecule has 4 nitrogen and oxygen atoms in total. The van der Waals surface area contributed by atoms with Gasteiger partial charge in [0.05, 0.1) is 6.10 Å². The van der Waals surface area contributed by atoms with Crippen LogP contribution < -0.4 is 5.32 Å². The molecule has 3 N–H and O–H groups in total. The molecule has 0 aliphatic heterocycles. The van der Waals surface area contributed by atoms with E-state index in [0.717, 1.165) is 18.4 Å². The number of aliphatic hydroxyl groups is 1. The van der Waals surface area contributed by atoms with E-state index in [2.05, 4.69) is 43.2 Å². The Labute approximate surface area is 138 Å². The fourth-order valence-corrected chi connectivity index (χ4v) is 3.13. The van der Waals surface area contributed by atoms with Crippen LogP contribution in [0.25, 0.3) is 10.9 Å². The van der Waals surface area contributed by atoms with Crippen LogP contribution in [0.2, 0.25) is 0 Å². The summed E-state index contributed by atoms with van der Waals surface area (Å²) < 4.78 is 0. The molecule has 1 atom stereocenters. The lowest BCUT2D eigenvalue weighted by Gasteiger charge is -2.20. The zero-order valence-corrected chi connectivity index (χ0v) is 14.4. The van der Waals surface area contributed by atoms with E-state index < -0.39 is 6.10 Å². The molecule has 2 aromatic rings. The molecule has 0 bridgehead atoms. The predicted molar refractivity (Wildman–Crippen MR) is 94.4 cm³/mol. The highest BCUT2D eigenvalue weighted by atomic mass is 16.3. The number of hydrogen-bond donors (Lipinski definition) is 3. The summed E-state index contributed by atoms with van der Waals surface area (Å²) in [6.45, 7) is 6.56. The van der Waals surface area contributed by atoms with Gasteiger partial charge >= 0.3 is 0 Å². The van der Waals surface area contributed by atoms with E-state index in [1.165, 1.54) is 16.5 Å². The number of para-hydroxylation sites is 1. The van der Waals surface area contributed by atoms with Gasteiger partial charge in [-0.2, -0.15) is 0 Å². The maximum Gasteiger partial charge on any atom is 0.220 e. The summed E-state index contributed by atoms with van der Waals surface area (Å²) in [6, 6.07) is 6.21. The van der Waals surface area contributed by atoms with Crippen molar-refractivity contribution in [2.45, 2.75) is 52.6 Å². The van der Waals surface area contributed by atoms with Gasteiger partial charge in [0.25, 0.3) is 0 Å².